The van der Waals surface area contributed by atoms with Gasteiger partial charge < -0.3 is 47.8 Å². The Kier molecular flexibility index (Phi) is 13.9. The molecule has 0 aliphatic carbocycles. The minimum absolute atomic E-state index is 0.0366. The van der Waals surface area contributed by atoms with Crippen molar-refractivity contribution < 1.29 is 49.2 Å². The van der Waals surface area contributed by atoms with E-state index in [4.69, 9.17) is 21.7 Å². The van der Waals surface area contributed by atoms with Gasteiger partial charge in [-0.1, -0.05) is 18.6 Å². The number of carbonyl (C=O) groups is 6. The normalized spacial score (nSPS) is 13.8. The Balaban J connectivity index is 3.14. The van der Waals surface area contributed by atoms with E-state index in [0.29, 0.717) is 31.4 Å². The molecule has 0 fully saturated rings. The summed E-state index contributed by atoms with van der Waals surface area (Å²) in [6.07, 6.45) is -0.600. The maximum Gasteiger partial charge on any atom is 0.326 e. The van der Waals surface area contributed by atoms with Crippen LogP contribution in [0.1, 0.15) is 44.1 Å². The molecule has 0 aliphatic rings. The molecule has 0 bridgehead atoms. The van der Waals surface area contributed by atoms with Crippen LogP contribution in [0.25, 0.3) is 0 Å². The van der Waals surface area contributed by atoms with Crippen molar-refractivity contribution in [3.8, 4) is 5.75 Å². The third-order valence-corrected chi connectivity index (χ3v) is 5.59. The number of nitrogens with one attached hydrogen (secondary N) is 3. The van der Waals surface area contributed by atoms with Crippen LogP contribution < -0.4 is 27.4 Å². The molecule has 4 unspecified atom stereocenters. The number of hydrogen-bond donors (Lipinski definition) is 9. The van der Waals surface area contributed by atoms with E-state index in [1.807, 2.05) is 5.32 Å². The molecule has 0 aromatic heterocycles. The molecule has 11 N–H and O–H groups in total. The highest BCUT2D eigenvalue weighted by molar-refractivity contribution is 5.95. The first-order chi connectivity index (χ1) is 18.3. The fourth-order valence-corrected chi connectivity index (χ4v) is 3.45. The zero-order valence-electron chi connectivity index (χ0n) is 21.2. The van der Waals surface area contributed by atoms with Gasteiger partial charge in [0, 0.05) is 12.8 Å². The maximum atomic E-state index is 13.2. The third kappa shape index (κ3) is 12.7. The molecule has 39 heavy (non-hydrogen) atoms. The van der Waals surface area contributed by atoms with Crippen LogP contribution >= 0.6 is 0 Å². The summed E-state index contributed by atoms with van der Waals surface area (Å²) in [5, 5.41) is 43.5. The Hall–Kier alpha value is -4.24. The number of phenols is 1. The summed E-state index contributed by atoms with van der Waals surface area (Å²) in [5.74, 6) is -7.17. The molecule has 15 heteroatoms. The Morgan fingerprint density at radius 3 is 1.85 bits per heavy atom. The van der Waals surface area contributed by atoms with Crippen LogP contribution in [0.3, 0.4) is 0 Å². The number of carboxylic acids is 3. The van der Waals surface area contributed by atoms with Gasteiger partial charge in [-0.05, 0) is 43.5 Å². The molecular formula is C24H35N5O10. The number of carbonyl (C=O) groups excluding carboxylic acids is 3. The maximum absolute atomic E-state index is 13.2. The lowest BCUT2D eigenvalue weighted by atomic mass is 10.0. The van der Waals surface area contributed by atoms with E-state index in [2.05, 4.69) is 10.6 Å². The molecule has 3 amide bonds. The fraction of sp³-hybridized carbons (Fsp3) is 0.500. The molecule has 0 aliphatic heterocycles. The Morgan fingerprint density at radius 1 is 0.744 bits per heavy atom. The second kappa shape index (κ2) is 16.6. The predicted molar refractivity (Wildman–Crippen MR) is 135 cm³/mol. The summed E-state index contributed by atoms with van der Waals surface area (Å²) < 4.78 is 0. The Bertz CT molecular complexity index is 1020. The van der Waals surface area contributed by atoms with Crippen molar-refractivity contribution in [1.82, 2.24) is 16.0 Å². The van der Waals surface area contributed by atoms with Crippen LogP contribution in [-0.2, 0) is 35.2 Å². The number of rotatable bonds is 18. The summed E-state index contributed by atoms with van der Waals surface area (Å²) in [4.78, 5) is 72.1. The van der Waals surface area contributed by atoms with Gasteiger partial charge >= 0.3 is 17.9 Å². The highest BCUT2D eigenvalue weighted by Crippen LogP contribution is 2.12. The van der Waals surface area contributed by atoms with Gasteiger partial charge in [-0.25, -0.2) is 4.79 Å². The van der Waals surface area contributed by atoms with Gasteiger partial charge in [0.1, 0.15) is 23.9 Å². The number of phenolic OH excluding ortho intramolecular Hbond substituents is 1. The van der Waals surface area contributed by atoms with Crippen molar-refractivity contribution in [1.29, 1.82) is 0 Å². The lowest BCUT2D eigenvalue weighted by Crippen LogP contribution is -2.57. The monoisotopic (exact) mass is 553 g/mol. The fourth-order valence-electron chi connectivity index (χ4n) is 3.45. The Labute approximate surface area is 223 Å². The average molecular weight is 554 g/mol. The summed E-state index contributed by atoms with van der Waals surface area (Å²) in [5.41, 5.74) is 11.9. The van der Waals surface area contributed by atoms with E-state index in [1.165, 1.54) is 24.3 Å². The number of benzene rings is 1. The minimum atomic E-state index is -1.83. The van der Waals surface area contributed by atoms with Gasteiger partial charge in [-0.3, -0.25) is 24.0 Å². The van der Waals surface area contributed by atoms with Crippen LogP contribution in [-0.4, -0.2) is 86.8 Å². The van der Waals surface area contributed by atoms with E-state index in [1.54, 1.807) is 0 Å². The molecule has 0 saturated heterocycles. The van der Waals surface area contributed by atoms with Gasteiger partial charge in [0.25, 0.3) is 0 Å². The lowest BCUT2D eigenvalue weighted by molar-refractivity contribution is -0.147. The number of unbranched alkanes of at least 4 members (excludes halogenated alkanes) is 1. The van der Waals surface area contributed by atoms with Crippen molar-refractivity contribution in [3.05, 3.63) is 29.8 Å². The molecule has 0 radical (unpaired) electrons. The summed E-state index contributed by atoms with van der Waals surface area (Å²) >= 11 is 0. The number of carboxylic acid groups (broad SMARTS) is 3. The van der Waals surface area contributed by atoms with Crippen molar-refractivity contribution >= 4 is 35.6 Å². The summed E-state index contributed by atoms with van der Waals surface area (Å²) in [6.45, 7) is 0.412. The topological polar surface area (TPSA) is 271 Å². The highest BCUT2D eigenvalue weighted by atomic mass is 16.4. The zero-order valence-corrected chi connectivity index (χ0v) is 21.2. The molecule has 1 aromatic rings. The predicted octanol–water partition coefficient (Wildman–Crippen LogP) is -1.73. The first-order valence-corrected chi connectivity index (χ1v) is 12.1. The molecule has 15 nitrogen and oxygen atoms in total. The van der Waals surface area contributed by atoms with Gasteiger partial charge in [-0.2, -0.15) is 0 Å². The standard InChI is InChI=1S/C24H35N5O10/c25-10-2-1-3-15(26)21(35)28-17(11-13-4-6-14(30)7-5-13)23(37)27-16(8-9-19(31)32)22(36)29-18(24(38)39)12-20(33)34/h4-7,15-18,30H,1-3,8-12,25-26H2,(H,27,37)(H,28,35)(H,29,36)(H,31,32)(H,33,34)(H,38,39). The van der Waals surface area contributed by atoms with E-state index >= 15 is 0 Å². The van der Waals surface area contributed by atoms with E-state index in [9.17, 15) is 39.0 Å². The summed E-state index contributed by atoms with van der Waals surface area (Å²) in [6, 6.07) is 0.0638. The average Bonchev–Trinajstić information content (AvgIpc) is 2.86. The van der Waals surface area contributed by atoms with E-state index in [0.717, 1.165) is 0 Å². The van der Waals surface area contributed by atoms with E-state index in [-0.39, 0.29) is 12.2 Å². The quantitative estimate of drug-likeness (QED) is 0.0917. The summed E-state index contributed by atoms with van der Waals surface area (Å²) in [7, 11) is 0. The van der Waals surface area contributed by atoms with E-state index < -0.39 is 79.1 Å². The number of aromatic hydroxyl groups is 1. The molecule has 4 atom stereocenters. The molecule has 0 saturated carbocycles. The molecule has 216 valence electrons. The van der Waals surface area contributed by atoms with Crippen LogP contribution in [0.5, 0.6) is 5.75 Å². The highest BCUT2D eigenvalue weighted by Gasteiger charge is 2.31. The molecular weight excluding hydrogens is 518 g/mol. The second-order valence-corrected chi connectivity index (χ2v) is 8.81. The van der Waals surface area contributed by atoms with Gasteiger partial charge in [0.15, 0.2) is 0 Å². The van der Waals surface area contributed by atoms with Crippen molar-refractivity contribution in [3.63, 3.8) is 0 Å². The zero-order chi connectivity index (χ0) is 29.5. The Morgan fingerprint density at radius 2 is 1.31 bits per heavy atom. The lowest BCUT2D eigenvalue weighted by Gasteiger charge is -2.25. The van der Waals surface area contributed by atoms with Crippen LogP contribution in [0.2, 0.25) is 0 Å². The van der Waals surface area contributed by atoms with Crippen molar-refractivity contribution in [2.24, 2.45) is 11.5 Å². The van der Waals surface area contributed by atoms with Crippen molar-refractivity contribution in [2.75, 3.05) is 6.54 Å². The first-order valence-electron chi connectivity index (χ1n) is 12.1. The van der Waals surface area contributed by atoms with Gasteiger partial charge in [0.2, 0.25) is 17.7 Å². The van der Waals surface area contributed by atoms with Crippen LogP contribution in [0, 0.1) is 0 Å². The van der Waals surface area contributed by atoms with Crippen molar-refractivity contribution in [2.45, 2.75) is 69.1 Å². The third-order valence-electron chi connectivity index (χ3n) is 5.59. The number of nitrogens with two attached hydrogens (primary N) is 2. The number of hydrogen-bond acceptors (Lipinski definition) is 9. The first kappa shape index (κ1) is 32.8. The number of aliphatic carboxylic acids is 3. The second-order valence-electron chi connectivity index (χ2n) is 8.81. The van der Waals surface area contributed by atoms with Gasteiger partial charge in [-0.15, -0.1) is 0 Å². The smallest absolute Gasteiger partial charge is 0.326 e. The SMILES string of the molecule is NCCCCC(N)C(=O)NC(Cc1ccc(O)cc1)C(=O)NC(CCC(=O)O)C(=O)NC(CC(=O)O)C(=O)O. The largest absolute Gasteiger partial charge is 0.508 e. The molecule has 0 heterocycles. The van der Waals surface area contributed by atoms with Crippen LogP contribution in [0.15, 0.2) is 24.3 Å². The molecule has 1 aromatic carbocycles. The van der Waals surface area contributed by atoms with Gasteiger partial charge in [0.05, 0.1) is 12.5 Å². The number of amides is 3. The van der Waals surface area contributed by atoms with Crippen LogP contribution in [0.4, 0.5) is 0 Å². The minimum Gasteiger partial charge on any atom is -0.508 e. The molecule has 0 spiro atoms. The molecule has 1 rings (SSSR count).